The number of hydrogen-bond acceptors (Lipinski definition) is 5. The average molecular weight is 301 g/mol. The van der Waals surface area contributed by atoms with E-state index >= 15 is 0 Å². The van der Waals surface area contributed by atoms with Crippen molar-refractivity contribution in [3.05, 3.63) is 0 Å². The van der Waals surface area contributed by atoms with Gasteiger partial charge in [-0.2, -0.15) is 0 Å². The van der Waals surface area contributed by atoms with Crippen LogP contribution in [0.15, 0.2) is 0 Å². The molecule has 11 heteroatoms. The maximum Gasteiger partial charge on any atom is 0.405 e. The SMILES string of the molecule is O=C(O)NCC(=O)NNC(=O)[C@@H]1CC[C@@H]2CN1C(=O)N2O. The number of urea groups is 1. The van der Waals surface area contributed by atoms with Gasteiger partial charge in [-0.1, -0.05) is 0 Å². The van der Waals surface area contributed by atoms with Crippen molar-refractivity contribution in [1.29, 1.82) is 0 Å². The first-order valence-corrected chi connectivity index (χ1v) is 6.24. The highest BCUT2D eigenvalue weighted by Crippen LogP contribution is 2.28. The molecule has 2 heterocycles. The fourth-order valence-corrected chi connectivity index (χ4v) is 2.34. The second-order valence-electron chi connectivity index (χ2n) is 4.72. The molecule has 0 aliphatic carbocycles. The van der Waals surface area contributed by atoms with Gasteiger partial charge in [0.25, 0.3) is 11.8 Å². The van der Waals surface area contributed by atoms with Crippen LogP contribution in [0.1, 0.15) is 12.8 Å². The third-order valence-corrected chi connectivity index (χ3v) is 3.37. The minimum absolute atomic E-state index is 0.252. The lowest BCUT2D eigenvalue weighted by atomic mass is 10.0. The number of piperidine rings is 1. The van der Waals surface area contributed by atoms with Crippen LogP contribution in [-0.2, 0) is 9.59 Å². The zero-order valence-electron chi connectivity index (χ0n) is 10.9. The molecular formula is C10H15N5O6. The van der Waals surface area contributed by atoms with Gasteiger partial charge in [-0.15, -0.1) is 0 Å². The van der Waals surface area contributed by atoms with Gasteiger partial charge in [-0.05, 0) is 12.8 Å². The summed E-state index contributed by atoms with van der Waals surface area (Å²) in [7, 11) is 0. The van der Waals surface area contributed by atoms with Gasteiger partial charge in [0.05, 0.1) is 6.04 Å². The molecule has 2 aliphatic rings. The van der Waals surface area contributed by atoms with E-state index in [1.54, 1.807) is 0 Å². The summed E-state index contributed by atoms with van der Waals surface area (Å²) in [6.45, 7) is -0.253. The summed E-state index contributed by atoms with van der Waals surface area (Å²) in [5.74, 6) is -1.34. The van der Waals surface area contributed by atoms with Gasteiger partial charge in [0.1, 0.15) is 12.6 Å². The van der Waals surface area contributed by atoms with Gasteiger partial charge in [0.15, 0.2) is 0 Å². The topological polar surface area (TPSA) is 151 Å². The predicted molar refractivity (Wildman–Crippen MR) is 64.9 cm³/mol. The Kier molecular flexibility index (Phi) is 4.12. The number of hydrazine groups is 1. The molecule has 2 atom stereocenters. The largest absolute Gasteiger partial charge is 0.465 e. The second kappa shape index (κ2) is 5.83. The lowest BCUT2D eigenvalue weighted by molar-refractivity contribution is -0.131. The van der Waals surface area contributed by atoms with Gasteiger partial charge in [-0.3, -0.25) is 25.6 Å². The Morgan fingerprint density at radius 1 is 1.24 bits per heavy atom. The van der Waals surface area contributed by atoms with Gasteiger partial charge in [-0.25, -0.2) is 14.7 Å². The van der Waals surface area contributed by atoms with Crippen molar-refractivity contribution in [3.8, 4) is 0 Å². The molecule has 0 unspecified atom stereocenters. The van der Waals surface area contributed by atoms with Crippen LogP contribution in [0.4, 0.5) is 9.59 Å². The highest BCUT2D eigenvalue weighted by Gasteiger charge is 2.46. The molecule has 5 amide bonds. The van der Waals surface area contributed by atoms with Crippen LogP contribution in [-0.4, -0.2) is 69.4 Å². The number of hydroxylamine groups is 2. The molecule has 11 nitrogen and oxygen atoms in total. The summed E-state index contributed by atoms with van der Waals surface area (Å²) in [4.78, 5) is 46.2. The monoisotopic (exact) mass is 301 g/mol. The van der Waals surface area contributed by atoms with Crippen LogP contribution < -0.4 is 16.2 Å². The Morgan fingerprint density at radius 2 is 1.95 bits per heavy atom. The molecule has 116 valence electrons. The molecule has 0 aromatic heterocycles. The number of carboxylic acid groups (broad SMARTS) is 1. The average Bonchev–Trinajstić information content (AvgIpc) is 2.67. The molecule has 2 saturated heterocycles. The molecule has 0 radical (unpaired) electrons. The van der Waals surface area contributed by atoms with Gasteiger partial charge in [0.2, 0.25) is 0 Å². The first-order chi connectivity index (χ1) is 9.90. The van der Waals surface area contributed by atoms with Crippen LogP contribution in [0.3, 0.4) is 0 Å². The molecule has 2 aliphatic heterocycles. The van der Waals surface area contributed by atoms with Crippen LogP contribution in [0, 0.1) is 0 Å². The first kappa shape index (κ1) is 14.8. The number of nitrogens with one attached hydrogen (secondary N) is 3. The molecule has 0 saturated carbocycles. The fourth-order valence-electron chi connectivity index (χ4n) is 2.34. The van der Waals surface area contributed by atoms with Crippen LogP contribution in [0.2, 0.25) is 0 Å². The Bertz CT molecular complexity index is 483. The third-order valence-electron chi connectivity index (χ3n) is 3.37. The minimum Gasteiger partial charge on any atom is -0.465 e. The fraction of sp³-hybridized carbons (Fsp3) is 0.600. The summed E-state index contributed by atoms with van der Waals surface area (Å²) >= 11 is 0. The number of rotatable bonds is 3. The normalized spacial score (nSPS) is 23.8. The maximum absolute atomic E-state index is 11.9. The smallest absolute Gasteiger partial charge is 0.405 e. The van der Waals surface area contributed by atoms with Crippen molar-refractivity contribution in [2.24, 2.45) is 0 Å². The highest BCUT2D eigenvalue weighted by atomic mass is 16.5. The second-order valence-corrected chi connectivity index (χ2v) is 4.72. The summed E-state index contributed by atoms with van der Waals surface area (Å²) in [6, 6.07) is -1.73. The van der Waals surface area contributed by atoms with Crippen LogP contribution in [0.25, 0.3) is 0 Å². The lowest BCUT2D eigenvalue weighted by Gasteiger charge is -2.29. The highest BCUT2D eigenvalue weighted by molar-refractivity contribution is 5.90. The van der Waals surface area contributed by atoms with E-state index in [-0.39, 0.29) is 12.6 Å². The van der Waals surface area contributed by atoms with E-state index in [4.69, 9.17) is 5.11 Å². The molecule has 21 heavy (non-hydrogen) atoms. The van der Waals surface area contributed by atoms with Crippen molar-refractivity contribution in [2.75, 3.05) is 13.1 Å². The predicted octanol–water partition coefficient (Wildman–Crippen LogP) is -1.94. The number of amides is 5. The number of fused-ring (bicyclic) bond motifs is 2. The first-order valence-electron chi connectivity index (χ1n) is 6.24. The molecular weight excluding hydrogens is 286 g/mol. The number of nitrogens with zero attached hydrogens (tertiary/aromatic N) is 2. The van der Waals surface area contributed by atoms with E-state index in [1.165, 1.54) is 4.90 Å². The van der Waals surface area contributed by atoms with E-state index < -0.39 is 36.5 Å². The van der Waals surface area contributed by atoms with Gasteiger partial charge in [0, 0.05) is 6.54 Å². The summed E-state index contributed by atoms with van der Waals surface area (Å²) in [5.41, 5.74) is 4.17. The van der Waals surface area contributed by atoms with Crippen molar-refractivity contribution < 1.29 is 29.5 Å². The van der Waals surface area contributed by atoms with Crippen LogP contribution in [0.5, 0.6) is 0 Å². The Hall–Kier alpha value is -2.56. The maximum atomic E-state index is 11.9. The third kappa shape index (κ3) is 3.13. The molecule has 0 spiro atoms. The lowest BCUT2D eigenvalue weighted by Crippen LogP contribution is -2.55. The van der Waals surface area contributed by atoms with E-state index in [0.29, 0.717) is 17.9 Å². The Morgan fingerprint density at radius 3 is 2.62 bits per heavy atom. The van der Waals surface area contributed by atoms with Crippen molar-refractivity contribution in [2.45, 2.75) is 24.9 Å². The van der Waals surface area contributed by atoms with E-state index in [9.17, 15) is 24.4 Å². The summed E-state index contributed by atoms with van der Waals surface area (Å²) < 4.78 is 0. The van der Waals surface area contributed by atoms with Gasteiger partial charge < -0.3 is 15.3 Å². The van der Waals surface area contributed by atoms with Crippen molar-refractivity contribution in [3.63, 3.8) is 0 Å². The summed E-state index contributed by atoms with van der Waals surface area (Å²) in [5, 5.41) is 20.3. The van der Waals surface area contributed by atoms with E-state index in [2.05, 4.69) is 5.43 Å². The number of carbonyl (C=O) groups is 4. The molecule has 2 fully saturated rings. The molecule has 2 bridgehead atoms. The molecule has 0 aromatic rings. The van der Waals surface area contributed by atoms with Crippen molar-refractivity contribution in [1.82, 2.24) is 26.1 Å². The number of carbonyl (C=O) groups excluding carboxylic acids is 3. The minimum atomic E-state index is -1.36. The Labute approximate surface area is 118 Å². The zero-order valence-corrected chi connectivity index (χ0v) is 10.9. The van der Waals surface area contributed by atoms with Crippen molar-refractivity contribution >= 4 is 23.9 Å². The quantitative estimate of drug-likeness (QED) is 0.302. The van der Waals surface area contributed by atoms with Crippen LogP contribution >= 0.6 is 0 Å². The molecule has 5 N–H and O–H groups in total. The number of hydrogen-bond donors (Lipinski definition) is 5. The van der Waals surface area contributed by atoms with E-state index in [0.717, 1.165) is 0 Å². The molecule has 2 rings (SSSR count). The Balaban J connectivity index is 1.82. The van der Waals surface area contributed by atoms with E-state index in [1.807, 2.05) is 10.7 Å². The molecule has 0 aromatic carbocycles. The standard InChI is InChI=1S/C10H15N5O6/c16-7(3-11-9(18)19)12-13-8(17)6-2-1-5-4-14(6)10(20)15(5)21/h5-6,11,21H,1-4H2,(H,12,16)(H,13,17)(H,18,19)/t5-,6+/m1/s1. The van der Waals surface area contributed by atoms with Gasteiger partial charge >= 0.3 is 12.1 Å². The summed E-state index contributed by atoms with van der Waals surface area (Å²) in [6.07, 6.45) is -0.519. The zero-order chi connectivity index (χ0) is 15.6.